The van der Waals surface area contributed by atoms with Crippen LogP contribution in [0.25, 0.3) is 6.08 Å². The number of benzene rings is 1. The zero-order valence-electron chi connectivity index (χ0n) is 27.6. The van der Waals surface area contributed by atoms with Gasteiger partial charge in [-0.05, 0) is 94.4 Å². The lowest BCUT2D eigenvalue weighted by atomic mass is 9.42. The van der Waals surface area contributed by atoms with Gasteiger partial charge in [-0.15, -0.1) is 0 Å². The third kappa shape index (κ3) is 5.29. The van der Waals surface area contributed by atoms with Crippen molar-refractivity contribution in [2.24, 2.45) is 22.7 Å². The van der Waals surface area contributed by atoms with Gasteiger partial charge in [0.25, 0.3) is 0 Å². The summed E-state index contributed by atoms with van der Waals surface area (Å²) in [7, 11) is 0. The molecule has 250 valence electrons. The third-order valence-electron chi connectivity index (χ3n) is 12.2. The molecular formula is C37H47ClO8. The number of hydrogen-bond acceptors (Lipinski definition) is 8. The molecule has 0 aliphatic heterocycles. The third-order valence-corrected chi connectivity index (χ3v) is 12.4. The van der Waals surface area contributed by atoms with Crippen LogP contribution in [0.5, 0.6) is 0 Å². The molecule has 0 heterocycles. The van der Waals surface area contributed by atoms with Crippen molar-refractivity contribution in [1.29, 1.82) is 0 Å². The van der Waals surface area contributed by atoms with Gasteiger partial charge in [-0.3, -0.25) is 4.79 Å². The van der Waals surface area contributed by atoms with Crippen molar-refractivity contribution in [1.82, 2.24) is 0 Å². The Morgan fingerprint density at radius 3 is 2.39 bits per heavy atom. The molecule has 0 amide bonds. The van der Waals surface area contributed by atoms with Crippen LogP contribution in [0.4, 0.5) is 0 Å². The molecule has 0 saturated heterocycles. The van der Waals surface area contributed by atoms with E-state index in [4.69, 9.17) is 21.1 Å². The summed E-state index contributed by atoms with van der Waals surface area (Å²) in [6, 6.07) is 7.15. The second-order valence-electron chi connectivity index (χ2n) is 14.7. The van der Waals surface area contributed by atoms with E-state index >= 15 is 0 Å². The molecular weight excluding hydrogens is 608 g/mol. The maximum Gasteiger partial charge on any atom is 0.331 e. The number of halogens is 1. The highest BCUT2D eigenvalue weighted by molar-refractivity contribution is 6.30. The largest absolute Gasteiger partial charge is 0.459 e. The lowest BCUT2D eigenvalue weighted by Gasteiger charge is -2.67. The number of fused-ring (bicyclic) bond motifs is 5. The molecule has 1 aromatic carbocycles. The van der Waals surface area contributed by atoms with E-state index in [0.29, 0.717) is 24.3 Å². The summed E-state index contributed by atoms with van der Waals surface area (Å²) < 4.78 is 11.9. The fourth-order valence-corrected chi connectivity index (χ4v) is 9.16. The molecule has 8 atom stereocenters. The van der Waals surface area contributed by atoms with Gasteiger partial charge in [-0.1, -0.05) is 61.7 Å². The molecule has 8 nitrogen and oxygen atoms in total. The molecule has 4 aliphatic carbocycles. The summed E-state index contributed by atoms with van der Waals surface area (Å²) in [5, 5.41) is 37.7. The van der Waals surface area contributed by atoms with Crippen LogP contribution in [-0.2, 0) is 23.9 Å². The molecule has 46 heavy (non-hydrogen) atoms. The van der Waals surface area contributed by atoms with E-state index in [2.05, 4.69) is 0 Å². The van der Waals surface area contributed by atoms with E-state index in [0.717, 1.165) is 16.7 Å². The molecule has 3 fully saturated rings. The zero-order valence-corrected chi connectivity index (χ0v) is 28.4. The van der Waals surface area contributed by atoms with E-state index in [1.165, 1.54) is 19.1 Å². The smallest absolute Gasteiger partial charge is 0.331 e. The second kappa shape index (κ2) is 12.0. The van der Waals surface area contributed by atoms with Crippen LogP contribution in [-0.4, -0.2) is 62.1 Å². The first kappa shape index (κ1) is 34.6. The summed E-state index contributed by atoms with van der Waals surface area (Å²) in [5.74, 6) is -2.05. The van der Waals surface area contributed by atoms with Gasteiger partial charge < -0.3 is 24.8 Å². The average Bonchev–Trinajstić information content (AvgIpc) is 3.22. The summed E-state index contributed by atoms with van der Waals surface area (Å²) in [6.45, 7) is 10.7. The second-order valence-corrected chi connectivity index (χ2v) is 15.1. The molecule has 1 aromatic rings. The predicted octanol–water partition coefficient (Wildman–Crippen LogP) is 5.90. The predicted molar refractivity (Wildman–Crippen MR) is 174 cm³/mol. The van der Waals surface area contributed by atoms with E-state index in [1.807, 2.05) is 39.8 Å². The molecule has 9 heteroatoms. The van der Waals surface area contributed by atoms with Crippen LogP contribution in [0.1, 0.15) is 92.1 Å². The molecule has 0 bridgehead atoms. The Morgan fingerprint density at radius 2 is 1.74 bits per heavy atom. The quantitative estimate of drug-likeness (QED) is 0.188. The number of allylic oxidation sites excluding steroid dienone is 1. The Bertz CT molecular complexity index is 1510. The molecule has 4 aliphatic rings. The highest BCUT2D eigenvalue weighted by Crippen LogP contribution is 2.71. The van der Waals surface area contributed by atoms with Crippen molar-refractivity contribution in [2.75, 3.05) is 0 Å². The number of hydrogen-bond donors (Lipinski definition) is 3. The summed E-state index contributed by atoms with van der Waals surface area (Å²) in [6.07, 6.45) is 6.67. The SMILES string of the molecule is CC(=O)[C@]1(O)CC[C@@]2(O)[C@]1(C)[C@H](OC(=O)/C=C(\C)C(C)C)CC1[C@@]3(C)CC[C@H](OC(=O)/C=C/c4cccc(Cl)c4)CC3=CC[C@]12O. The number of ketones is 1. The molecule has 0 spiro atoms. The van der Waals surface area contributed by atoms with Gasteiger partial charge in [0.1, 0.15) is 29.0 Å². The van der Waals surface area contributed by atoms with Crippen LogP contribution in [0.15, 0.2) is 53.6 Å². The van der Waals surface area contributed by atoms with Gasteiger partial charge in [0, 0.05) is 29.5 Å². The summed E-state index contributed by atoms with van der Waals surface area (Å²) in [5.41, 5.74) is -5.29. The normalized spacial score (nSPS) is 38.9. The first-order valence-corrected chi connectivity index (χ1v) is 16.7. The zero-order chi connectivity index (χ0) is 33.9. The summed E-state index contributed by atoms with van der Waals surface area (Å²) >= 11 is 6.05. The van der Waals surface area contributed by atoms with Crippen molar-refractivity contribution in [3.63, 3.8) is 0 Å². The maximum atomic E-state index is 13.3. The first-order valence-electron chi connectivity index (χ1n) is 16.3. The van der Waals surface area contributed by atoms with Crippen molar-refractivity contribution in [3.8, 4) is 0 Å². The van der Waals surface area contributed by atoms with Crippen LogP contribution in [0.3, 0.4) is 0 Å². The Hall–Kier alpha value is -2.78. The Kier molecular flexibility index (Phi) is 9.04. The van der Waals surface area contributed by atoms with Crippen LogP contribution < -0.4 is 0 Å². The van der Waals surface area contributed by atoms with Crippen molar-refractivity contribution in [3.05, 3.63) is 64.2 Å². The number of ether oxygens (including phenoxy) is 2. The van der Waals surface area contributed by atoms with Gasteiger partial charge in [0.2, 0.25) is 0 Å². The minimum Gasteiger partial charge on any atom is -0.459 e. The number of carbonyl (C=O) groups is 3. The molecule has 0 aromatic heterocycles. The fraction of sp³-hybridized carbons (Fsp3) is 0.595. The Morgan fingerprint density at radius 1 is 1.02 bits per heavy atom. The van der Waals surface area contributed by atoms with Crippen LogP contribution in [0.2, 0.25) is 5.02 Å². The maximum absolute atomic E-state index is 13.3. The van der Waals surface area contributed by atoms with E-state index in [-0.39, 0.29) is 37.7 Å². The highest BCUT2D eigenvalue weighted by atomic mass is 35.5. The number of carbonyl (C=O) groups excluding carboxylic acids is 3. The van der Waals surface area contributed by atoms with Gasteiger partial charge in [-0.2, -0.15) is 0 Å². The highest BCUT2D eigenvalue weighted by Gasteiger charge is 2.81. The molecule has 1 unspecified atom stereocenters. The minimum absolute atomic E-state index is 0.0278. The first-order chi connectivity index (χ1) is 21.4. The van der Waals surface area contributed by atoms with Crippen LogP contribution in [0, 0.1) is 22.7 Å². The molecule has 5 rings (SSSR count). The number of Topliss-reactive ketones (excluding diaryl/α,β-unsaturated/α-hetero) is 1. The van der Waals surface area contributed by atoms with Crippen LogP contribution >= 0.6 is 11.6 Å². The van der Waals surface area contributed by atoms with E-state index in [1.54, 1.807) is 31.2 Å². The van der Waals surface area contributed by atoms with Gasteiger partial charge in [0.15, 0.2) is 5.78 Å². The lowest BCUT2D eigenvalue weighted by molar-refractivity contribution is -0.314. The topological polar surface area (TPSA) is 130 Å². The Labute approximate surface area is 276 Å². The van der Waals surface area contributed by atoms with E-state index in [9.17, 15) is 29.7 Å². The Balaban J connectivity index is 1.44. The van der Waals surface area contributed by atoms with Gasteiger partial charge in [-0.25, -0.2) is 9.59 Å². The molecule has 3 saturated carbocycles. The van der Waals surface area contributed by atoms with Crippen molar-refractivity contribution < 1.29 is 39.2 Å². The minimum atomic E-state index is -2.00. The molecule has 0 radical (unpaired) electrons. The fourth-order valence-electron chi connectivity index (χ4n) is 8.96. The number of aliphatic hydroxyl groups is 3. The monoisotopic (exact) mass is 654 g/mol. The van der Waals surface area contributed by atoms with E-state index < -0.39 is 57.4 Å². The average molecular weight is 655 g/mol. The standard InChI is InChI=1S/C37H47ClO8/c1-22(2)23(3)18-32(41)46-30-21-29-33(5)14-13-28(45-31(40)11-10-25-8-7-9-27(38)19-25)20-26(33)12-15-36(29,43)37(44)17-16-35(42,24(4)39)34(30,37)6/h7-12,18-19,22,28-30,42-44H,13-17,20-21H2,1-6H3/b11-10+,23-18+/t28-,29?,30+,33-,34+,35+,36-,37+/m0/s1. The molecule has 3 N–H and O–H groups in total. The van der Waals surface area contributed by atoms with Gasteiger partial charge in [0.05, 0.1) is 5.41 Å². The number of rotatable bonds is 7. The summed E-state index contributed by atoms with van der Waals surface area (Å²) in [4.78, 5) is 39.0. The lowest BCUT2D eigenvalue weighted by Crippen LogP contribution is -2.78. The van der Waals surface area contributed by atoms with Crippen molar-refractivity contribution >= 4 is 35.4 Å². The number of esters is 2. The van der Waals surface area contributed by atoms with Gasteiger partial charge >= 0.3 is 11.9 Å². The van der Waals surface area contributed by atoms with Crippen molar-refractivity contribution in [2.45, 2.75) is 115 Å².